The van der Waals surface area contributed by atoms with Gasteiger partial charge in [0.05, 0.1) is 11.8 Å². The van der Waals surface area contributed by atoms with E-state index in [0.29, 0.717) is 30.9 Å². The third-order valence-corrected chi connectivity index (χ3v) is 5.11. The Bertz CT molecular complexity index is 879. The number of carbonyl (C=O) groups is 2. The Morgan fingerprint density at radius 3 is 2.76 bits per heavy atom. The monoisotopic (exact) mass is 392 g/mol. The third kappa shape index (κ3) is 4.68. The summed E-state index contributed by atoms with van der Waals surface area (Å²) in [4.78, 5) is 31.6. The quantitative estimate of drug-likeness (QED) is 0.758. The lowest BCUT2D eigenvalue weighted by molar-refractivity contribution is -0.126. The van der Waals surface area contributed by atoms with Crippen LogP contribution in [0, 0.1) is 0 Å². The average Bonchev–Trinajstić information content (AvgIpc) is 3.28. The van der Waals surface area contributed by atoms with Crippen molar-refractivity contribution in [2.45, 2.75) is 38.3 Å². The minimum atomic E-state index is -0.155. The van der Waals surface area contributed by atoms with Gasteiger partial charge in [-0.25, -0.2) is 5.01 Å². The Labute approximate surface area is 170 Å². The number of aromatic nitrogens is 1. The van der Waals surface area contributed by atoms with Gasteiger partial charge in [-0.3, -0.25) is 14.6 Å². The Balaban J connectivity index is 1.57. The van der Waals surface area contributed by atoms with Crippen molar-refractivity contribution in [3.8, 4) is 0 Å². The van der Waals surface area contributed by atoms with Crippen LogP contribution in [0.3, 0.4) is 0 Å². The summed E-state index contributed by atoms with van der Waals surface area (Å²) in [5.41, 5.74) is 2.02. The average molecular weight is 392 g/mol. The van der Waals surface area contributed by atoms with Crippen molar-refractivity contribution in [3.63, 3.8) is 0 Å². The van der Waals surface area contributed by atoms with Crippen LogP contribution in [0.4, 0.5) is 5.69 Å². The molecule has 2 aliphatic heterocycles. The van der Waals surface area contributed by atoms with Crippen LogP contribution in [-0.4, -0.2) is 46.7 Å². The van der Waals surface area contributed by atoms with Crippen LogP contribution < -0.4 is 5.01 Å². The molecule has 0 bridgehead atoms. The molecule has 0 aliphatic carbocycles. The Morgan fingerprint density at radius 2 is 2.03 bits per heavy atom. The highest BCUT2D eigenvalue weighted by molar-refractivity contribution is 6.40. The number of rotatable bonds is 6. The lowest BCUT2D eigenvalue weighted by atomic mass is 10.1. The molecule has 1 atom stereocenters. The maximum absolute atomic E-state index is 13.4. The zero-order valence-electron chi connectivity index (χ0n) is 16.2. The molecule has 0 saturated carbocycles. The summed E-state index contributed by atoms with van der Waals surface area (Å²) in [6, 6.07) is 13.0. The van der Waals surface area contributed by atoms with Crippen molar-refractivity contribution in [1.29, 1.82) is 0 Å². The van der Waals surface area contributed by atoms with Gasteiger partial charge in [0.2, 0.25) is 5.91 Å². The van der Waals surface area contributed by atoms with Gasteiger partial charge in [-0.15, -0.1) is 0 Å². The number of hydrogen-bond donors (Lipinski definition) is 0. The molecule has 3 heterocycles. The maximum Gasteiger partial charge on any atom is 0.270 e. The summed E-state index contributed by atoms with van der Waals surface area (Å²) >= 11 is 0. The molecule has 0 N–H and O–H groups in total. The van der Waals surface area contributed by atoms with Crippen molar-refractivity contribution in [2.24, 2.45) is 5.10 Å². The molecule has 150 valence electrons. The zero-order chi connectivity index (χ0) is 20.1. The number of nitrogens with zero attached hydrogens (tertiary/aromatic N) is 4. The Morgan fingerprint density at radius 1 is 1.17 bits per heavy atom. The fourth-order valence-electron chi connectivity index (χ4n) is 3.63. The lowest BCUT2D eigenvalue weighted by Crippen LogP contribution is -2.44. The van der Waals surface area contributed by atoms with Crippen LogP contribution in [0.25, 0.3) is 0 Å². The van der Waals surface area contributed by atoms with E-state index in [1.807, 2.05) is 42.5 Å². The molecule has 1 unspecified atom stereocenters. The smallest absolute Gasteiger partial charge is 0.270 e. The van der Waals surface area contributed by atoms with Crippen molar-refractivity contribution in [1.82, 2.24) is 9.88 Å². The molecule has 0 spiro atoms. The fraction of sp³-hybridized carbons (Fsp3) is 0.364. The molecule has 29 heavy (non-hydrogen) atoms. The minimum Gasteiger partial charge on any atom is -0.376 e. The van der Waals surface area contributed by atoms with E-state index in [9.17, 15) is 9.59 Å². The highest BCUT2D eigenvalue weighted by atomic mass is 16.5. The topological polar surface area (TPSA) is 75.1 Å². The number of benzene rings is 1. The SMILES string of the molecule is O=C(C1=NN(c2ccccc2)C(=O)CC1)N(Cc1cccnc1)CC1CCCO1. The molecule has 0 radical (unpaired) electrons. The van der Waals surface area contributed by atoms with Crippen LogP contribution in [0.15, 0.2) is 60.0 Å². The standard InChI is InChI=1S/C22H24N4O3/c27-21-11-10-20(24-26(21)18-7-2-1-3-8-18)22(28)25(16-19-9-5-13-29-19)15-17-6-4-12-23-14-17/h1-4,6-8,12,14,19H,5,9-11,13,15-16H2. The van der Waals surface area contributed by atoms with Gasteiger partial charge >= 0.3 is 0 Å². The molecule has 2 aliphatic rings. The molecule has 7 heteroatoms. The first-order chi connectivity index (χ1) is 14.2. The lowest BCUT2D eigenvalue weighted by Gasteiger charge is -2.29. The molecular formula is C22H24N4O3. The maximum atomic E-state index is 13.4. The summed E-state index contributed by atoms with van der Waals surface area (Å²) < 4.78 is 5.75. The first kappa shape index (κ1) is 19.3. The van der Waals surface area contributed by atoms with Crippen LogP contribution in [0.1, 0.15) is 31.2 Å². The van der Waals surface area contributed by atoms with Gasteiger partial charge in [-0.2, -0.15) is 5.10 Å². The molecule has 7 nitrogen and oxygen atoms in total. The van der Waals surface area contributed by atoms with Gasteiger partial charge in [-0.1, -0.05) is 24.3 Å². The van der Waals surface area contributed by atoms with Gasteiger partial charge in [0.1, 0.15) is 5.71 Å². The van der Waals surface area contributed by atoms with Gasteiger partial charge in [-0.05, 0) is 36.6 Å². The largest absolute Gasteiger partial charge is 0.376 e. The molecule has 1 aromatic carbocycles. The summed E-state index contributed by atoms with van der Waals surface area (Å²) in [6.45, 7) is 1.67. The van der Waals surface area contributed by atoms with Crippen LogP contribution in [0.5, 0.6) is 0 Å². The van der Waals surface area contributed by atoms with E-state index < -0.39 is 0 Å². The minimum absolute atomic E-state index is 0.0340. The number of pyridine rings is 1. The summed E-state index contributed by atoms with van der Waals surface area (Å²) in [7, 11) is 0. The molecular weight excluding hydrogens is 368 g/mol. The van der Waals surface area contributed by atoms with E-state index in [0.717, 1.165) is 25.0 Å². The number of hydrogen-bond acceptors (Lipinski definition) is 5. The predicted molar refractivity (Wildman–Crippen MR) is 109 cm³/mol. The van der Waals surface area contributed by atoms with E-state index in [4.69, 9.17) is 4.74 Å². The third-order valence-electron chi connectivity index (χ3n) is 5.11. The van der Waals surface area contributed by atoms with E-state index in [-0.39, 0.29) is 24.3 Å². The highest BCUT2D eigenvalue weighted by Crippen LogP contribution is 2.21. The van der Waals surface area contributed by atoms with E-state index in [2.05, 4.69) is 10.1 Å². The number of ether oxygens (including phenoxy) is 1. The predicted octanol–water partition coefficient (Wildman–Crippen LogP) is 2.77. The Kier molecular flexibility index (Phi) is 5.95. The molecule has 2 amide bonds. The number of hydrazone groups is 1. The zero-order valence-corrected chi connectivity index (χ0v) is 16.2. The first-order valence-corrected chi connectivity index (χ1v) is 9.96. The van der Waals surface area contributed by atoms with Gasteiger partial charge in [0.25, 0.3) is 5.91 Å². The Hall–Kier alpha value is -3.06. The van der Waals surface area contributed by atoms with Crippen molar-refractivity contribution < 1.29 is 14.3 Å². The second-order valence-corrected chi connectivity index (χ2v) is 7.27. The second kappa shape index (κ2) is 8.96. The molecule has 2 aromatic rings. The van der Waals surface area contributed by atoms with Gasteiger partial charge < -0.3 is 9.64 Å². The van der Waals surface area contributed by atoms with Crippen molar-refractivity contribution in [2.75, 3.05) is 18.2 Å². The molecule has 1 fully saturated rings. The van der Waals surface area contributed by atoms with Crippen molar-refractivity contribution in [3.05, 3.63) is 60.4 Å². The summed E-state index contributed by atoms with van der Waals surface area (Å²) in [5.74, 6) is -0.261. The summed E-state index contributed by atoms with van der Waals surface area (Å²) in [6.07, 6.45) is 6.07. The van der Waals surface area contributed by atoms with Crippen LogP contribution in [0.2, 0.25) is 0 Å². The van der Waals surface area contributed by atoms with E-state index in [1.165, 1.54) is 5.01 Å². The molecule has 1 saturated heterocycles. The number of carbonyl (C=O) groups excluding carboxylic acids is 2. The van der Waals surface area contributed by atoms with E-state index >= 15 is 0 Å². The number of amides is 2. The summed E-state index contributed by atoms with van der Waals surface area (Å²) in [5, 5.41) is 5.76. The normalized spacial score (nSPS) is 19.2. The number of para-hydroxylation sites is 1. The second-order valence-electron chi connectivity index (χ2n) is 7.27. The first-order valence-electron chi connectivity index (χ1n) is 9.96. The van der Waals surface area contributed by atoms with Crippen LogP contribution in [-0.2, 0) is 20.9 Å². The van der Waals surface area contributed by atoms with Crippen LogP contribution >= 0.6 is 0 Å². The molecule has 1 aromatic heterocycles. The number of anilines is 1. The van der Waals surface area contributed by atoms with Crippen molar-refractivity contribution >= 4 is 23.2 Å². The highest BCUT2D eigenvalue weighted by Gasteiger charge is 2.30. The van der Waals surface area contributed by atoms with E-state index in [1.54, 1.807) is 17.3 Å². The van der Waals surface area contributed by atoms with Gasteiger partial charge in [0, 0.05) is 44.9 Å². The van der Waals surface area contributed by atoms with Gasteiger partial charge in [0.15, 0.2) is 0 Å². The molecule has 4 rings (SSSR count). The fourth-order valence-corrected chi connectivity index (χ4v) is 3.63.